The quantitative estimate of drug-likeness (QED) is 0.818. The zero-order chi connectivity index (χ0) is 16.1. The van der Waals surface area contributed by atoms with E-state index in [0.29, 0.717) is 16.9 Å². The third-order valence-corrected chi connectivity index (χ3v) is 3.39. The van der Waals surface area contributed by atoms with Crippen LogP contribution in [0.3, 0.4) is 0 Å². The van der Waals surface area contributed by atoms with Gasteiger partial charge in [0.05, 0.1) is 0 Å². The molecule has 0 unspecified atom stereocenters. The number of hydrogen-bond acceptors (Lipinski definition) is 4. The number of rotatable bonds is 3. The molecule has 6 nitrogen and oxygen atoms in total. The summed E-state index contributed by atoms with van der Waals surface area (Å²) in [6.45, 7) is 0. The van der Waals surface area contributed by atoms with Crippen molar-refractivity contribution in [2.45, 2.75) is 0 Å². The van der Waals surface area contributed by atoms with Gasteiger partial charge in [-0.3, -0.25) is 20.4 Å². The van der Waals surface area contributed by atoms with E-state index < -0.39 is 5.91 Å². The maximum absolute atomic E-state index is 12.0. The minimum atomic E-state index is -0.407. The first-order valence-corrected chi connectivity index (χ1v) is 7.26. The van der Waals surface area contributed by atoms with E-state index in [9.17, 15) is 9.59 Å². The minimum absolute atomic E-state index is 0.386. The highest BCUT2D eigenvalue weighted by Gasteiger charge is 2.10. The summed E-state index contributed by atoms with van der Waals surface area (Å²) in [6.07, 6.45) is 1.54. The Labute approximate surface area is 136 Å². The van der Waals surface area contributed by atoms with E-state index in [1.807, 2.05) is 14.1 Å². The summed E-state index contributed by atoms with van der Waals surface area (Å²) in [7, 11) is 3.67. The summed E-state index contributed by atoms with van der Waals surface area (Å²) >= 11 is 3.29. The second kappa shape index (κ2) is 7.04. The summed E-state index contributed by atoms with van der Waals surface area (Å²) in [6, 6.07) is 10.0. The molecule has 0 spiro atoms. The molecule has 2 aromatic rings. The average molecular weight is 363 g/mol. The highest BCUT2D eigenvalue weighted by atomic mass is 79.9. The van der Waals surface area contributed by atoms with Crippen molar-refractivity contribution < 1.29 is 9.59 Å². The Kier molecular flexibility index (Phi) is 5.11. The molecule has 0 aliphatic rings. The molecule has 0 fully saturated rings. The van der Waals surface area contributed by atoms with Gasteiger partial charge >= 0.3 is 0 Å². The lowest BCUT2D eigenvalue weighted by atomic mass is 10.2. The van der Waals surface area contributed by atoms with Crippen LogP contribution >= 0.6 is 15.9 Å². The monoisotopic (exact) mass is 362 g/mol. The number of nitrogens with zero attached hydrogens (tertiary/aromatic N) is 2. The normalized spacial score (nSPS) is 9.95. The van der Waals surface area contributed by atoms with Gasteiger partial charge in [-0.15, -0.1) is 0 Å². The maximum atomic E-state index is 12.0. The Morgan fingerprint density at radius 2 is 1.59 bits per heavy atom. The smallest absolute Gasteiger partial charge is 0.269 e. The van der Waals surface area contributed by atoms with Gasteiger partial charge in [-0.05, 0) is 36.4 Å². The Morgan fingerprint density at radius 1 is 1.00 bits per heavy atom. The van der Waals surface area contributed by atoms with Crippen LogP contribution in [0, 0.1) is 0 Å². The van der Waals surface area contributed by atoms with E-state index >= 15 is 0 Å². The fraction of sp³-hybridized carbons (Fsp3) is 0.133. The first kappa shape index (κ1) is 16.0. The molecule has 0 saturated heterocycles. The molecule has 0 bridgehead atoms. The average Bonchev–Trinajstić information content (AvgIpc) is 2.53. The van der Waals surface area contributed by atoms with Crippen LogP contribution in [0.25, 0.3) is 0 Å². The van der Waals surface area contributed by atoms with E-state index in [2.05, 4.69) is 31.8 Å². The number of benzene rings is 1. The van der Waals surface area contributed by atoms with Crippen LogP contribution in [0.2, 0.25) is 0 Å². The first-order chi connectivity index (χ1) is 10.5. The largest absolute Gasteiger partial charge is 0.363 e. The number of aromatic nitrogens is 1. The SMILES string of the molecule is CN(C)c1cc(C(=O)NNC(=O)c2ccc(Br)cc2)ccn1. The summed E-state index contributed by atoms with van der Waals surface area (Å²) in [5.41, 5.74) is 5.62. The van der Waals surface area contributed by atoms with Crippen molar-refractivity contribution in [3.63, 3.8) is 0 Å². The zero-order valence-electron chi connectivity index (χ0n) is 12.1. The van der Waals surface area contributed by atoms with E-state index in [4.69, 9.17) is 0 Å². The van der Waals surface area contributed by atoms with Gasteiger partial charge in [0.1, 0.15) is 5.82 Å². The summed E-state index contributed by atoms with van der Waals surface area (Å²) < 4.78 is 0.876. The number of anilines is 1. The Morgan fingerprint density at radius 3 is 2.18 bits per heavy atom. The fourth-order valence-corrected chi connectivity index (χ4v) is 1.93. The van der Waals surface area contributed by atoms with Crippen molar-refractivity contribution in [2.24, 2.45) is 0 Å². The number of pyridine rings is 1. The molecule has 2 amide bonds. The molecule has 1 heterocycles. The van der Waals surface area contributed by atoms with Crippen LogP contribution in [-0.2, 0) is 0 Å². The van der Waals surface area contributed by atoms with Gasteiger partial charge < -0.3 is 4.90 Å². The lowest BCUT2D eigenvalue weighted by Gasteiger charge is -2.12. The molecule has 2 N–H and O–H groups in total. The van der Waals surface area contributed by atoms with Gasteiger partial charge in [0, 0.05) is 35.9 Å². The maximum Gasteiger partial charge on any atom is 0.269 e. The Hall–Kier alpha value is -2.41. The van der Waals surface area contributed by atoms with Gasteiger partial charge in [0.25, 0.3) is 11.8 Å². The van der Waals surface area contributed by atoms with Gasteiger partial charge in [0.15, 0.2) is 0 Å². The van der Waals surface area contributed by atoms with Crippen LogP contribution in [0.15, 0.2) is 47.1 Å². The molecule has 7 heteroatoms. The van der Waals surface area contributed by atoms with E-state index in [1.165, 1.54) is 0 Å². The Bertz CT molecular complexity index is 686. The predicted molar refractivity (Wildman–Crippen MR) is 87.6 cm³/mol. The molecule has 22 heavy (non-hydrogen) atoms. The second-order valence-corrected chi connectivity index (χ2v) is 5.63. The highest BCUT2D eigenvalue weighted by Crippen LogP contribution is 2.11. The first-order valence-electron chi connectivity index (χ1n) is 6.47. The number of hydrazine groups is 1. The van der Waals surface area contributed by atoms with Crippen molar-refractivity contribution in [3.8, 4) is 0 Å². The molecule has 0 atom stereocenters. The second-order valence-electron chi connectivity index (χ2n) is 4.71. The van der Waals surface area contributed by atoms with Crippen molar-refractivity contribution in [1.82, 2.24) is 15.8 Å². The third-order valence-electron chi connectivity index (χ3n) is 2.86. The number of hydrogen-bond donors (Lipinski definition) is 2. The summed E-state index contributed by atoms with van der Waals surface area (Å²) in [4.78, 5) is 29.9. The molecule has 114 valence electrons. The lowest BCUT2D eigenvalue weighted by molar-refractivity contribution is 0.0846. The lowest BCUT2D eigenvalue weighted by Crippen LogP contribution is -2.41. The standard InChI is InChI=1S/C15H15BrN4O2/c1-20(2)13-9-11(7-8-17-13)15(22)19-18-14(21)10-3-5-12(16)6-4-10/h3-9H,1-2H3,(H,18,21)(H,19,22). The molecule has 0 saturated carbocycles. The van der Waals surface area contributed by atoms with Gasteiger partial charge in [-0.2, -0.15) is 0 Å². The van der Waals surface area contributed by atoms with E-state index in [1.54, 1.807) is 47.5 Å². The van der Waals surface area contributed by atoms with E-state index in [0.717, 1.165) is 4.47 Å². The number of carbonyl (C=O) groups excluding carboxylic acids is 2. The minimum Gasteiger partial charge on any atom is -0.363 e. The molecular weight excluding hydrogens is 348 g/mol. The van der Waals surface area contributed by atoms with Crippen LogP contribution in [-0.4, -0.2) is 30.9 Å². The fourth-order valence-electron chi connectivity index (χ4n) is 1.66. The van der Waals surface area contributed by atoms with Crippen LogP contribution in [0.5, 0.6) is 0 Å². The van der Waals surface area contributed by atoms with Gasteiger partial charge in [-0.25, -0.2) is 4.98 Å². The highest BCUT2D eigenvalue weighted by molar-refractivity contribution is 9.10. The number of amides is 2. The number of halogens is 1. The number of carbonyl (C=O) groups is 2. The van der Waals surface area contributed by atoms with Crippen molar-refractivity contribution >= 4 is 33.6 Å². The molecule has 0 aliphatic heterocycles. The molecule has 0 radical (unpaired) electrons. The van der Waals surface area contributed by atoms with Gasteiger partial charge in [-0.1, -0.05) is 15.9 Å². The van der Waals surface area contributed by atoms with Crippen molar-refractivity contribution in [3.05, 3.63) is 58.2 Å². The topological polar surface area (TPSA) is 74.3 Å². The van der Waals surface area contributed by atoms with Crippen LogP contribution in [0.1, 0.15) is 20.7 Å². The van der Waals surface area contributed by atoms with Crippen molar-refractivity contribution in [2.75, 3.05) is 19.0 Å². The predicted octanol–water partition coefficient (Wildman–Crippen LogP) is 1.98. The molecule has 2 rings (SSSR count). The summed E-state index contributed by atoms with van der Waals surface area (Å²) in [5.74, 6) is -0.134. The molecule has 0 aliphatic carbocycles. The number of nitrogens with one attached hydrogen (secondary N) is 2. The molecule has 1 aromatic heterocycles. The van der Waals surface area contributed by atoms with E-state index in [-0.39, 0.29) is 5.91 Å². The molecule has 1 aromatic carbocycles. The zero-order valence-corrected chi connectivity index (χ0v) is 13.7. The van der Waals surface area contributed by atoms with Crippen LogP contribution < -0.4 is 15.8 Å². The van der Waals surface area contributed by atoms with Crippen LogP contribution in [0.4, 0.5) is 5.82 Å². The molecular formula is C15H15BrN4O2. The third kappa shape index (κ3) is 4.05. The Balaban J connectivity index is 1.99. The van der Waals surface area contributed by atoms with Gasteiger partial charge in [0.2, 0.25) is 0 Å². The summed E-state index contributed by atoms with van der Waals surface area (Å²) in [5, 5.41) is 0. The van der Waals surface area contributed by atoms with Crippen molar-refractivity contribution in [1.29, 1.82) is 0 Å².